The first-order valence-corrected chi connectivity index (χ1v) is 7.69. The highest BCUT2D eigenvalue weighted by atomic mass is 32.1. The number of thiophene rings is 1. The normalized spacial score (nSPS) is 10.9. The minimum atomic E-state index is -0.660. The number of rotatable bonds is 5. The molecule has 0 saturated carbocycles. The van der Waals surface area contributed by atoms with E-state index in [-0.39, 0.29) is 18.3 Å². The van der Waals surface area contributed by atoms with Crippen molar-refractivity contribution in [3.05, 3.63) is 45.6 Å². The highest BCUT2D eigenvalue weighted by Crippen LogP contribution is 2.21. The van der Waals surface area contributed by atoms with Gasteiger partial charge in [-0.05, 0) is 18.4 Å². The van der Waals surface area contributed by atoms with Crippen molar-refractivity contribution in [1.29, 1.82) is 0 Å². The Balaban J connectivity index is 1.69. The Hall–Kier alpha value is -2.68. The molecule has 0 aliphatic heterocycles. The highest BCUT2D eigenvalue weighted by molar-refractivity contribution is 7.13. The van der Waals surface area contributed by atoms with Gasteiger partial charge in [0.25, 0.3) is 5.89 Å². The molecule has 0 aliphatic rings. The number of carbonyl (C=O) groups is 1. The largest absolute Gasteiger partial charge is 0.437 e. The average Bonchev–Trinajstić information content (AvgIpc) is 3.22. The van der Waals surface area contributed by atoms with Crippen molar-refractivity contribution in [2.24, 2.45) is 0 Å². The predicted octanol–water partition coefficient (Wildman–Crippen LogP) is 1.52. The van der Waals surface area contributed by atoms with E-state index in [0.29, 0.717) is 18.0 Å². The summed E-state index contributed by atoms with van der Waals surface area (Å²) in [4.78, 5) is 26.2. The molecule has 120 valence electrons. The van der Waals surface area contributed by atoms with Crippen molar-refractivity contribution in [1.82, 2.24) is 19.8 Å². The summed E-state index contributed by atoms with van der Waals surface area (Å²) in [6, 6.07) is 5.37. The predicted molar refractivity (Wildman–Crippen MR) is 81.8 cm³/mol. The maximum Gasteiger partial charge on any atom is 0.437 e. The smallest absolute Gasteiger partial charge is 0.387 e. The van der Waals surface area contributed by atoms with Gasteiger partial charge < -0.3 is 13.8 Å². The van der Waals surface area contributed by atoms with Crippen LogP contribution in [0.15, 0.2) is 37.3 Å². The highest BCUT2D eigenvalue weighted by Gasteiger charge is 2.17. The van der Waals surface area contributed by atoms with Crippen molar-refractivity contribution < 1.29 is 13.7 Å². The first kappa shape index (κ1) is 15.2. The second kappa shape index (κ2) is 6.21. The van der Waals surface area contributed by atoms with Crippen LogP contribution >= 0.6 is 11.3 Å². The molecule has 23 heavy (non-hydrogen) atoms. The number of likely N-dealkylation sites (N-methyl/N-ethyl adjacent to an activating group) is 1. The van der Waals surface area contributed by atoms with E-state index in [2.05, 4.69) is 10.3 Å². The topological polar surface area (TPSA) is 94.4 Å². The molecule has 0 bridgehead atoms. The molecule has 0 aromatic carbocycles. The summed E-state index contributed by atoms with van der Waals surface area (Å²) in [7, 11) is 1.62. The third-order valence-corrected chi connectivity index (χ3v) is 3.98. The molecular weight excluding hydrogens is 320 g/mol. The first-order valence-electron chi connectivity index (χ1n) is 6.81. The van der Waals surface area contributed by atoms with Gasteiger partial charge in [-0.1, -0.05) is 11.2 Å². The molecule has 0 aliphatic carbocycles. The lowest BCUT2D eigenvalue weighted by Crippen LogP contribution is -2.33. The monoisotopic (exact) mass is 334 g/mol. The number of hydrogen-bond acceptors (Lipinski definition) is 7. The third kappa shape index (κ3) is 3.39. The second-order valence-electron chi connectivity index (χ2n) is 4.99. The van der Waals surface area contributed by atoms with Crippen LogP contribution < -0.4 is 5.76 Å². The van der Waals surface area contributed by atoms with E-state index in [1.54, 1.807) is 26.1 Å². The molecule has 0 saturated heterocycles. The fourth-order valence-corrected chi connectivity index (χ4v) is 2.62. The van der Waals surface area contributed by atoms with Crippen LogP contribution in [0, 0.1) is 6.92 Å². The Kier molecular flexibility index (Phi) is 4.11. The van der Waals surface area contributed by atoms with E-state index >= 15 is 0 Å². The van der Waals surface area contributed by atoms with Crippen LogP contribution in [0.2, 0.25) is 0 Å². The van der Waals surface area contributed by atoms with Crippen LogP contribution in [-0.4, -0.2) is 32.8 Å². The number of aromatic nitrogens is 3. The maximum absolute atomic E-state index is 12.2. The van der Waals surface area contributed by atoms with E-state index < -0.39 is 5.76 Å². The molecule has 3 aromatic heterocycles. The van der Waals surface area contributed by atoms with Crippen LogP contribution in [0.5, 0.6) is 0 Å². The maximum atomic E-state index is 12.2. The van der Waals surface area contributed by atoms with E-state index in [4.69, 9.17) is 8.94 Å². The molecule has 3 heterocycles. The summed E-state index contributed by atoms with van der Waals surface area (Å²) in [5.41, 5.74) is 0.644. The van der Waals surface area contributed by atoms with Crippen LogP contribution in [0.25, 0.3) is 10.8 Å². The Bertz CT molecular complexity index is 862. The molecule has 0 unspecified atom stereocenters. The lowest BCUT2D eigenvalue weighted by molar-refractivity contribution is -0.131. The Morgan fingerprint density at radius 2 is 2.30 bits per heavy atom. The molecule has 3 rings (SSSR count). The van der Waals surface area contributed by atoms with Crippen molar-refractivity contribution >= 4 is 17.2 Å². The molecular formula is C14H14N4O4S. The van der Waals surface area contributed by atoms with Gasteiger partial charge in [0.2, 0.25) is 5.91 Å². The van der Waals surface area contributed by atoms with E-state index in [1.165, 1.54) is 16.2 Å². The molecule has 0 radical (unpaired) electrons. The van der Waals surface area contributed by atoms with Gasteiger partial charge in [-0.3, -0.25) is 4.79 Å². The number of carbonyl (C=O) groups excluding carboxylic acids is 1. The van der Waals surface area contributed by atoms with Crippen molar-refractivity contribution in [2.75, 3.05) is 7.05 Å². The third-order valence-electron chi connectivity index (χ3n) is 3.12. The van der Waals surface area contributed by atoms with Crippen LogP contribution in [0.4, 0.5) is 0 Å². The molecule has 0 fully saturated rings. The van der Waals surface area contributed by atoms with Gasteiger partial charge in [-0.25, -0.2) is 4.79 Å². The quantitative estimate of drug-likeness (QED) is 0.702. The standard InChI is InChI=1S/C14H14N4O4S/c1-9-6-10(16-22-9)7-17(2)12(19)8-18-14(20)21-13(15-18)11-4-3-5-23-11/h3-6H,7-8H2,1-2H3. The average molecular weight is 334 g/mol. The molecule has 8 nitrogen and oxygen atoms in total. The van der Waals surface area contributed by atoms with Gasteiger partial charge >= 0.3 is 5.76 Å². The fraction of sp³-hybridized carbons (Fsp3) is 0.286. The van der Waals surface area contributed by atoms with Crippen molar-refractivity contribution in [3.63, 3.8) is 0 Å². The number of hydrogen-bond donors (Lipinski definition) is 0. The Morgan fingerprint density at radius 3 is 2.96 bits per heavy atom. The molecule has 3 aromatic rings. The van der Waals surface area contributed by atoms with Gasteiger partial charge in [0.05, 0.1) is 11.4 Å². The summed E-state index contributed by atoms with van der Waals surface area (Å²) >= 11 is 1.40. The van der Waals surface area contributed by atoms with Crippen molar-refractivity contribution in [3.8, 4) is 10.8 Å². The van der Waals surface area contributed by atoms with Crippen LogP contribution in [0.3, 0.4) is 0 Å². The summed E-state index contributed by atoms with van der Waals surface area (Å²) in [6.07, 6.45) is 0. The van der Waals surface area contributed by atoms with Gasteiger partial charge in [0.1, 0.15) is 18.0 Å². The Morgan fingerprint density at radius 1 is 1.48 bits per heavy atom. The first-order chi connectivity index (χ1) is 11.0. The number of aryl methyl sites for hydroxylation is 1. The Labute approximate surface area is 134 Å². The number of nitrogens with zero attached hydrogens (tertiary/aromatic N) is 4. The lowest BCUT2D eigenvalue weighted by atomic mass is 10.3. The SMILES string of the molecule is Cc1cc(CN(C)C(=O)Cn2nc(-c3cccs3)oc2=O)no1. The minimum absolute atomic E-state index is 0.193. The summed E-state index contributed by atoms with van der Waals surface area (Å²) in [5, 5.41) is 9.74. The molecule has 0 atom stereocenters. The zero-order valence-corrected chi connectivity index (χ0v) is 13.4. The summed E-state index contributed by atoms with van der Waals surface area (Å²) < 4.78 is 11.0. The van der Waals surface area contributed by atoms with Gasteiger partial charge in [0.15, 0.2) is 0 Å². The molecule has 0 N–H and O–H groups in total. The lowest BCUT2D eigenvalue weighted by Gasteiger charge is -2.14. The zero-order valence-electron chi connectivity index (χ0n) is 12.6. The van der Waals surface area contributed by atoms with E-state index in [0.717, 1.165) is 9.56 Å². The van der Waals surface area contributed by atoms with Gasteiger partial charge in [-0.2, -0.15) is 4.68 Å². The number of amides is 1. The molecule has 0 spiro atoms. The summed E-state index contributed by atoms with van der Waals surface area (Å²) in [5.74, 6) is -0.0482. The fourth-order valence-electron chi connectivity index (χ4n) is 1.98. The van der Waals surface area contributed by atoms with Crippen LogP contribution in [0.1, 0.15) is 11.5 Å². The minimum Gasteiger partial charge on any atom is -0.387 e. The van der Waals surface area contributed by atoms with Gasteiger partial charge in [-0.15, -0.1) is 16.4 Å². The van der Waals surface area contributed by atoms with Crippen molar-refractivity contribution in [2.45, 2.75) is 20.0 Å². The van der Waals surface area contributed by atoms with E-state index in [1.807, 2.05) is 11.4 Å². The second-order valence-corrected chi connectivity index (χ2v) is 5.93. The molecule has 1 amide bonds. The molecule has 9 heteroatoms. The summed E-state index contributed by atoms with van der Waals surface area (Å²) in [6.45, 7) is 1.88. The van der Waals surface area contributed by atoms with Gasteiger partial charge in [0, 0.05) is 13.1 Å². The van der Waals surface area contributed by atoms with Crippen LogP contribution in [-0.2, 0) is 17.9 Å². The van der Waals surface area contributed by atoms with E-state index in [9.17, 15) is 9.59 Å². The zero-order chi connectivity index (χ0) is 16.4.